The minimum Gasteiger partial charge on any atom is -0.480 e. The number of rotatable bonds is 5. The van der Waals surface area contributed by atoms with Gasteiger partial charge in [-0.2, -0.15) is 0 Å². The molecule has 1 amide bonds. The topological polar surface area (TPSA) is 101 Å². The standard InChI is InChI=1S/C26H19N3O4S2/c30-25(31)21-13-34-23(29-21)24-28-20-10-9-14(11-22(20)35-24)27-26(32)33-12-19-17-7-3-1-5-15(17)16-6-2-4-8-18(16)19/h1-11,19,21H,12-13H2,(H,27,32)(H,30,31)/t21-/m1/s1. The molecule has 174 valence electrons. The van der Waals surface area contributed by atoms with Gasteiger partial charge in [0.2, 0.25) is 0 Å². The summed E-state index contributed by atoms with van der Waals surface area (Å²) < 4.78 is 6.51. The molecule has 6 rings (SSSR count). The van der Waals surface area contributed by atoms with Crippen LogP contribution >= 0.6 is 23.1 Å². The Morgan fingerprint density at radius 1 is 1.03 bits per heavy atom. The van der Waals surface area contributed by atoms with Crippen molar-refractivity contribution >= 4 is 56.1 Å². The van der Waals surface area contributed by atoms with Crippen molar-refractivity contribution in [2.24, 2.45) is 4.99 Å². The number of carboxylic acid groups (broad SMARTS) is 1. The molecule has 0 saturated heterocycles. The highest BCUT2D eigenvalue weighted by molar-refractivity contribution is 8.15. The number of thioether (sulfide) groups is 1. The number of aliphatic carboxylic acids is 1. The molecule has 3 aromatic carbocycles. The maximum Gasteiger partial charge on any atom is 0.411 e. The molecule has 0 radical (unpaired) electrons. The van der Waals surface area contributed by atoms with Gasteiger partial charge in [0.25, 0.3) is 0 Å². The van der Waals surface area contributed by atoms with Gasteiger partial charge in [-0.3, -0.25) is 10.3 Å². The van der Waals surface area contributed by atoms with Gasteiger partial charge in [0, 0.05) is 17.4 Å². The number of thiazole rings is 1. The SMILES string of the molecule is O=C(Nc1ccc2nc(C3=N[C@@H](C(=O)O)CS3)sc2c1)OCC1c2ccccc2-c2ccccc21. The van der Waals surface area contributed by atoms with E-state index in [0.717, 1.165) is 21.3 Å². The summed E-state index contributed by atoms with van der Waals surface area (Å²) in [5.41, 5.74) is 6.07. The van der Waals surface area contributed by atoms with Crippen LogP contribution < -0.4 is 5.32 Å². The first-order chi connectivity index (χ1) is 17.1. The van der Waals surface area contributed by atoms with E-state index in [1.54, 1.807) is 6.07 Å². The summed E-state index contributed by atoms with van der Waals surface area (Å²) in [6, 6.07) is 21.1. The van der Waals surface area contributed by atoms with Crippen molar-refractivity contribution in [2.75, 3.05) is 17.7 Å². The third-order valence-electron chi connectivity index (χ3n) is 6.10. The lowest BCUT2D eigenvalue weighted by Gasteiger charge is -2.14. The average molecular weight is 502 g/mol. The van der Waals surface area contributed by atoms with Gasteiger partial charge < -0.3 is 9.84 Å². The second-order valence-electron chi connectivity index (χ2n) is 8.25. The summed E-state index contributed by atoms with van der Waals surface area (Å²) in [4.78, 5) is 32.6. The van der Waals surface area contributed by atoms with Gasteiger partial charge >= 0.3 is 12.1 Å². The van der Waals surface area contributed by atoms with Crippen LogP contribution in [0.3, 0.4) is 0 Å². The number of amides is 1. The van der Waals surface area contributed by atoms with Crippen LogP contribution in [0.2, 0.25) is 0 Å². The Morgan fingerprint density at radius 2 is 1.74 bits per heavy atom. The Kier molecular flexibility index (Phi) is 5.50. The molecule has 0 bridgehead atoms. The zero-order valence-corrected chi connectivity index (χ0v) is 19.9. The average Bonchev–Trinajstić information content (AvgIpc) is 3.58. The number of carboxylic acids is 1. The summed E-state index contributed by atoms with van der Waals surface area (Å²) in [6.07, 6.45) is -0.518. The monoisotopic (exact) mass is 501 g/mol. The molecule has 2 aliphatic rings. The van der Waals surface area contributed by atoms with Gasteiger partial charge in [0.15, 0.2) is 6.04 Å². The van der Waals surface area contributed by atoms with E-state index in [4.69, 9.17) is 9.84 Å². The Hall–Kier alpha value is -3.69. The minimum absolute atomic E-state index is 0.000927. The lowest BCUT2D eigenvalue weighted by molar-refractivity contribution is -0.137. The minimum atomic E-state index is -0.928. The molecule has 2 N–H and O–H groups in total. The fourth-order valence-electron chi connectivity index (χ4n) is 4.46. The smallest absolute Gasteiger partial charge is 0.411 e. The van der Waals surface area contributed by atoms with Crippen molar-refractivity contribution in [3.8, 4) is 11.1 Å². The summed E-state index contributed by atoms with van der Waals surface area (Å²) >= 11 is 2.82. The molecule has 0 fully saturated rings. The number of hydrogen-bond donors (Lipinski definition) is 2. The first-order valence-corrected chi connectivity index (χ1v) is 12.8. The van der Waals surface area contributed by atoms with E-state index >= 15 is 0 Å². The molecule has 0 saturated carbocycles. The van der Waals surface area contributed by atoms with Crippen LogP contribution in [-0.2, 0) is 9.53 Å². The molecule has 9 heteroatoms. The molecular formula is C26H19N3O4S2. The summed E-state index contributed by atoms with van der Waals surface area (Å²) in [5.74, 6) is -0.517. The largest absolute Gasteiger partial charge is 0.480 e. The second kappa shape index (κ2) is 8.83. The number of ether oxygens (including phenoxy) is 1. The zero-order chi connectivity index (χ0) is 23.9. The quantitative estimate of drug-likeness (QED) is 0.369. The van der Waals surface area contributed by atoms with Crippen molar-refractivity contribution in [3.63, 3.8) is 0 Å². The zero-order valence-electron chi connectivity index (χ0n) is 18.3. The first-order valence-electron chi connectivity index (χ1n) is 11.0. The second-order valence-corrected chi connectivity index (χ2v) is 10.3. The van der Waals surface area contributed by atoms with E-state index in [0.29, 0.717) is 21.5 Å². The molecule has 1 atom stereocenters. The number of nitrogens with zero attached hydrogens (tertiary/aromatic N) is 2. The molecule has 1 aromatic heterocycles. The lowest BCUT2D eigenvalue weighted by atomic mass is 9.98. The number of nitrogens with one attached hydrogen (secondary N) is 1. The third kappa shape index (κ3) is 4.06. The van der Waals surface area contributed by atoms with Crippen LogP contribution in [0.4, 0.5) is 10.5 Å². The van der Waals surface area contributed by atoms with Crippen molar-refractivity contribution < 1.29 is 19.4 Å². The number of carbonyl (C=O) groups is 2. The Labute approximate surface area is 208 Å². The third-order valence-corrected chi connectivity index (χ3v) is 8.31. The van der Waals surface area contributed by atoms with E-state index in [2.05, 4.69) is 39.6 Å². The number of benzene rings is 3. The summed E-state index contributed by atoms with van der Waals surface area (Å²) in [5, 5.41) is 13.3. The fraction of sp³-hybridized carbons (Fsp3) is 0.154. The van der Waals surface area contributed by atoms with E-state index in [1.807, 2.05) is 36.4 Å². The molecule has 35 heavy (non-hydrogen) atoms. The van der Waals surface area contributed by atoms with Crippen LogP contribution in [0, 0.1) is 0 Å². The molecule has 1 aliphatic heterocycles. The van der Waals surface area contributed by atoms with Crippen LogP contribution in [0.1, 0.15) is 22.1 Å². The first kappa shape index (κ1) is 21.8. The summed E-state index contributed by atoms with van der Waals surface area (Å²) in [6.45, 7) is 0.245. The van der Waals surface area contributed by atoms with Gasteiger partial charge in [0.1, 0.15) is 16.7 Å². The number of aromatic nitrogens is 1. The van der Waals surface area contributed by atoms with Gasteiger partial charge in [0.05, 0.1) is 10.2 Å². The number of hydrogen-bond acceptors (Lipinski definition) is 7. The van der Waals surface area contributed by atoms with Crippen LogP contribution in [-0.4, -0.2) is 45.6 Å². The van der Waals surface area contributed by atoms with Crippen molar-refractivity contribution in [1.29, 1.82) is 0 Å². The molecule has 1 aliphatic carbocycles. The fourth-order valence-corrected chi connectivity index (χ4v) is 6.57. The van der Waals surface area contributed by atoms with Crippen molar-refractivity contribution in [2.45, 2.75) is 12.0 Å². The number of fused-ring (bicyclic) bond motifs is 4. The Balaban J connectivity index is 1.15. The lowest BCUT2D eigenvalue weighted by Crippen LogP contribution is -2.17. The van der Waals surface area contributed by atoms with Crippen LogP contribution in [0.5, 0.6) is 0 Å². The van der Waals surface area contributed by atoms with Crippen LogP contribution in [0.15, 0.2) is 71.7 Å². The Bertz CT molecular complexity index is 1470. The highest BCUT2D eigenvalue weighted by Crippen LogP contribution is 2.44. The highest BCUT2D eigenvalue weighted by Gasteiger charge is 2.29. The number of aliphatic imine (C=N–C) groups is 1. The van der Waals surface area contributed by atoms with Gasteiger partial charge in [-0.05, 0) is 40.5 Å². The normalized spacial score (nSPS) is 16.6. The van der Waals surface area contributed by atoms with Crippen molar-refractivity contribution in [3.05, 3.63) is 82.9 Å². The van der Waals surface area contributed by atoms with Gasteiger partial charge in [-0.1, -0.05) is 48.5 Å². The molecule has 2 heterocycles. The maximum absolute atomic E-state index is 12.6. The Morgan fingerprint density at radius 3 is 2.43 bits per heavy atom. The molecular weight excluding hydrogens is 482 g/mol. The van der Waals surface area contributed by atoms with E-state index < -0.39 is 18.1 Å². The van der Waals surface area contributed by atoms with E-state index in [-0.39, 0.29) is 12.5 Å². The van der Waals surface area contributed by atoms with Crippen LogP contribution in [0.25, 0.3) is 21.3 Å². The maximum atomic E-state index is 12.6. The summed E-state index contributed by atoms with van der Waals surface area (Å²) in [7, 11) is 0. The predicted molar refractivity (Wildman–Crippen MR) is 139 cm³/mol. The molecule has 0 spiro atoms. The predicted octanol–water partition coefficient (Wildman–Crippen LogP) is 5.60. The highest BCUT2D eigenvalue weighted by atomic mass is 32.2. The van der Waals surface area contributed by atoms with E-state index in [1.165, 1.54) is 34.2 Å². The van der Waals surface area contributed by atoms with Gasteiger partial charge in [-0.15, -0.1) is 23.1 Å². The van der Waals surface area contributed by atoms with Crippen molar-refractivity contribution in [1.82, 2.24) is 4.98 Å². The number of anilines is 1. The van der Waals surface area contributed by atoms with E-state index in [9.17, 15) is 9.59 Å². The molecule has 7 nitrogen and oxygen atoms in total. The molecule has 4 aromatic rings. The number of carbonyl (C=O) groups excluding carboxylic acids is 1. The molecule has 0 unspecified atom stereocenters. The van der Waals surface area contributed by atoms with Gasteiger partial charge in [-0.25, -0.2) is 14.6 Å².